The number of aryl methyl sites for hydroxylation is 2. The largest absolute Gasteiger partial charge is 0.495 e. The van der Waals surface area contributed by atoms with Crippen molar-refractivity contribution in [2.24, 2.45) is 5.92 Å². The molecule has 1 saturated carbocycles. The van der Waals surface area contributed by atoms with E-state index in [0.717, 1.165) is 53.1 Å². The fourth-order valence-corrected chi connectivity index (χ4v) is 5.10. The van der Waals surface area contributed by atoms with E-state index in [1.165, 1.54) is 17.4 Å². The molecule has 1 fully saturated rings. The number of carbonyl (C=O) groups excluding carboxylic acids is 1. The Morgan fingerprint density at radius 1 is 1.19 bits per heavy atom. The molecule has 3 aromatic rings. The molecule has 1 aliphatic carbocycles. The average molecular weight is 454 g/mol. The van der Waals surface area contributed by atoms with Gasteiger partial charge in [0, 0.05) is 18.0 Å². The first-order valence-corrected chi connectivity index (χ1v) is 11.7. The molecule has 0 atom stereocenters. The highest BCUT2D eigenvalue weighted by Crippen LogP contribution is 2.37. The molecular weight excluding hydrogens is 425 g/mol. The van der Waals surface area contributed by atoms with Crippen molar-refractivity contribution in [2.75, 3.05) is 17.7 Å². The lowest BCUT2D eigenvalue weighted by Crippen LogP contribution is -2.20. The first-order chi connectivity index (χ1) is 15.4. The summed E-state index contributed by atoms with van der Waals surface area (Å²) in [4.78, 5) is 18.0. The number of thiazole rings is 1. The van der Waals surface area contributed by atoms with Gasteiger partial charge in [0.1, 0.15) is 11.6 Å². The van der Waals surface area contributed by atoms with Crippen LogP contribution in [-0.4, -0.2) is 18.0 Å². The van der Waals surface area contributed by atoms with Crippen LogP contribution in [0.1, 0.15) is 42.5 Å². The van der Waals surface area contributed by atoms with Crippen LogP contribution in [0.2, 0.25) is 0 Å². The molecule has 32 heavy (non-hydrogen) atoms. The average Bonchev–Trinajstić information content (AvgIpc) is 3.44. The van der Waals surface area contributed by atoms with E-state index < -0.39 is 0 Å². The zero-order chi connectivity index (χ0) is 22.7. The zero-order valence-corrected chi connectivity index (χ0v) is 19.4. The number of aromatic nitrogens is 1. The van der Waals surface area contributed by atoms with E-state index in [1.54, 1.807) is 13.2 Å². The number of ether oxygens (including phenoxy) is 1. The van der Waals surface area contributed by atoms with Crippen LogP contribution < -0.4 is 15.4 Å². The van der Waals surface area contributed by atoms with Crippen molar-refractivity contribution < 1.29 is 13.9 Å². The molecule has 4 rings (SSSR count). The number of nitrogens with zero attached hydrogens (tertiary/aromatic N) is 1. The summed E-state index contributed by atoms with van der Waals surface area (Å²) in [6, 6.07) is 10.9. The Morgan fingerprint density at radius 3 is 2.72 bits per heavy atom. The van der Waals surface area contributed by atoms with Crippen LogP contribution in [0.5, 0.6) is 5.75 Å². The van der Waals surface area contributed by atoms with Gasteiger partial charge in [-0.1, -0.05) is 41.9 Å². The third-order valence-corrected chi connectivity index (χ3v) is 7.01. The van der Waals surface area contributed by atoms with Gasteiger partial charge in [-0.25, -0.2) is 9.37 Å². The number of methoxy groups -OCH3 is 1. The quantitative estimate of drug-likeness (QED) is 0.440. The van der Waals surface area contributed by atoms with E-state index in [2.05, 4.69) is 15.6 Å². The summed E-state index contributed by atoms with van der Waals surface area (Å²) in [5, 5.41) is 6.93. The van der Waals surface area contributed by atoms with E-state index in [9.17, 15) is 9.18 Å². The normalized spacial score (nSPS) is 13.9. The number of amides is 1. The predicted octanol–water partition coefficient (Wildman–Crippen LogP) is 6.32. The molecule has 1 aromatic heterocycles. The fraction of sp³-hybridized carbons (Fsp3) is 0.360. The van der Waals surface area contributed by atoms with Gasteiger partial charge in [0.25, 0.3) is 0 Å². The molecule has 0 radical (unpaired) electrons. The minimum Gasteiger partial charge on any atom is -0.495 e. The maximum Gasteiger partial charge on any atom is 0.229 e. The first-order valence-electron chi connectivity index (χ1n) is 10.9. The van der Waals surface area contributed by atoms with Crippen LogP contribution in [0.15, 0.2) is 36.4 Å². The Kier molecular flexibility index (Phi) is 6.74. The number of benzene rings is 2. The topological polar surface area (TPSA) is 63.2 Å². The zero-order valence-electron chi connectivity index (χ0n) is 18.6. The summed E-state index contributed by atoms with van der Waals surface area (Å²) in [5.74, 6) is 0.611. The molecule has 7 heteroatoms. The van der Waals surface area contributed by atoms with Gasteiger partial charge in [-0.15, -0.1) is 0 Å². The van der Waals surface area contributed by atoms with Gasteiger partial charge in [-0.05, 0) is 56.5 Å². The Balaban J connectivity index is 1.54. The lowest BCUT2D eigenvalue weighted by Gasteiger charge is -2.13. The van der Waals surface area contributed by atoms with Crippen molar-refractivity contribution in [3.63, 3.8) is 0 Å². The third-order valence-electron chi connectivity index (χ3n) is 5.88. The SMILES string of the molecule is COc1ccc(-c2sc(NC(=O)C3CCCC3)nc2C)cc1NCc1cc(C)ccc1F. The van der Waals surface area contributed by atoms with Crippen LogP contribution in [0, 0.1) is 25.6 Å². The lowest BCUT2D eigenvalue weighted by molar-refractivity contribution is -0.119. The number of halogens is 1. The monoisotopic (exact) mass is 453 g/mol. The number of anilines is 2. The second-order valence-corrected chi connectivity index (χ2v) is 9.27. The van der Waals surface area contributed by atoms with Gasteiger partial charge in [0.15, 0.2) is 5.13 Å². The number of carbonyl (C=O) groups is 1. The number of hydrogen-bond acceptors (Lipinski definition) is 5. The van der Waals surface area contributed by atoms with Crippen molar-refractivity contribution in [3.05, 3.63) is 59.0 Å². The highest BCUT2D eigenvalue weighted by atomic mass is 32.1. The molecule has 1 heterocycles. The second kappa shape index (κ2) is 9.69. The van der Waals surface area contributed by atoms with Crippen molar-refractivity contribution in [3.8, 4) is 16.2 Å². The van der Waals surface area contributed by atoms with Gasteiger partial charge in [-0.2, -0.15) is 0 Å². The van der Waals surface area contributed by atoms with E-state index >= 15 is 0 Å². The van der Waals surface area contributed by atoms with Crippen LogP contribution in [0.4, 0.5) is 15.2 Å². The summed E-state index contributed by atoms with van der Waals surface area (Å²) in [7, 11) is 1.61. The number of rotatable bonds is 7. The molecule has 2 N–H and O–H groups in total. The minimum atomic E-state index is -0.237. The Bertz CT molecular complexity index is 1120. The van der Waals surface area contributed by atoms with Gasteiger partial charge < -0.3 is 15.4 Å². The summed E-state index contributed by atoms with van der Waals surface area (Å²) in [6.07, 6.45) is 4.15. The number of nitrogens with one attached hydrogen (secondary N) is 2. The second-order valence-electron chi connectivity index (χ2n) is 8.27. The van der Waals surface area contributed by atoms with Crippen molar-refractivity contribution >= 4 is 28.1 Å². The molecule has 0 unspecified atom stereocenters. The Hall–Kier alpha value is -2.93. The molecule has 0 aliphatic heterocycles. The fourth-order valence-electron chi connectivity index (χ4n) is 4.13. The maximum absolute atomic E-state index is 14.2. The first kappa shape index (κ1) is 22.3. The molecule has 2 aromatic carbocycles. The van der Waals surface area contributed by atoms with Crippen LogP contribution >= 0.6 is 11.3 Å². The van der Waals surface area contributed by atoms with Gasteiger partial charge >= 0.3 is 0 Å². The molecule has 5 nitrogen and oxygen atoms in total. The van der Waals surface area contributed by atoms with E-state index in [-0.39, 0.29) is 17.6 Å². The molecule has 0 saturated heterocycles. The van der Waals surface area contributed by atoms with E-state index in [1.807, 2.05) is 38.1 Å². The van der Waals surface area contributed by atoms with E-state index in [0.29, 0.717) is 23.0 Å². The highest BCUT2D eigenvalue weighted by molar-refractivity contribution is 7.19. The summed E-state index contributed by atoms with van der Waals surface area (Å²) < 4.78 is 19.7. The molecule has 1 amide bonds. The van der Waals surface area contributed by atoms with Crippen LogP contribution in [-0.2, 0) is 11.3 Å². The third kappa shape index (κ3) is 4.93. The summed E-state index contributed by atoms with van der Waals surface area (Å²) in [6.45, 7) is 4.23. The van der Waals surface area contributed by atoms with Crippen molar-refractivity contribution in [1.29, 1.82) is 0 Å². The highest BCUT2D eigenvalue weighted by Gasteiger charge is 2.24. The molecule has 0 bridgehead atoms. The van der Waals surface area contributed by atoms with Crippen LogP contribution in [0.25, 0.3) is 10.4 Å². The standard InChI is InChI=1S/C25H28FN3O2S/c1-15-8-10-20(26)19(12-15)14-27-21-13-18(9-11-22(21)31-3)23-16(2)28-25(32-23)29-24(30)17-6-4-5-7-17/h8-13,17,27H,4-7,14H2,1-3H3,(H,28,29,30). The van der Waals surface area contributed by atoms with Crippen LogP contribution in [0.3, 0.4) is 0 Å². The van der Waals surface area contributed by atoms with E-state index in [4.69, 9.17) is 4.74 Å². The van der Waals surface area contributed by atoms with Crippen molar-refractivity contribution in [2.45, 2.75) is 46.1 Å². The molecule has 0 spiro atoms. The predicted molar refractivity (Wildman–Crippen MR) is 128 cm³/mol. The smallest absolute Gasteiger partial charge is 0.229 e. The Morgan fingerprint density at radius 2 is 1.97 bits per heavy atom. The van der Waals surface area contributed by atoms with Gasteiger partial charge in [0.05, 0.1) is 23.4 Å². The molecule has 1 aliphatic rings. The summed E-state index contributed by atoms with van der Waals surface area (Å²) in [5.41, 5.74) is 4.21. The minimum absolute atomic E-state index is 0.0695. The molecular formula is C25H28FN3O2S. The molecule has 168 valence electrons. The van der Waals surface area contributed by atoms with Crippen molar-refractivity contribution in [1.82, 2.24) is 4.98 Å². The maximum atomic E-state index is 14.2. The summed E-state index contributed by atoms with van der Waals surface area (Å²) >= 11 is 1.47. The van der Waals surface area contributed by atoms with Gasteiger partial charge in [-0.3, -0.25) is 4.79 Å². The lowest BCUT2D eigenvalue weighted by atomic mass is 10.1. The van der Waals surface area contributed by atoms with Gasteiger partial charge in [0.2, 0.25) is 5.91 Å². The number of hydrogen-bond donors (Lipinski definition) is 2. The Labute approximate surface area is 192 Å².